The quantitative estimate of drug-likeness (QED) is 0.0215. The molecule has 26 heteroatoms. The van der Waals surface area contributed by atoms with E-state index >= 15 is 0 Å². The number of amides is 2. The highest BCUT2D eigenvalue weighted by Gasteiger charge is 2.22. The van der Waals surface area contributed by atoms with Crippen molar-refractivity contribution < 1.29 is 95.9 Å². The van der Waals surface area contributed by atoms with Crippen LogP contribution in [0.3, 0.4) is 0 Å². The molecule has 0 radical (unpaired) electrons. The minimum atomic E-state index is -1.01. The monoisotopic (exact) mass is 1310 g/mol. The van der Waals surface area contributed by atoms with Crippen molar-refractivity contribution in [3.05, 3.63) is 92.3 Å². The summed E-state index contributed by atoms with van der Waals surface area (Å²) in [6.45, 7) is 5.78. The number of aliphatic carboxylic acids is 2. The van der Waals surface area contributed by atoms with Crippen LogP contribution < -0.4 is 37.9 Å². The molecule has 0 aliphatic heterocycles. The second-order valence-corrected chi connectivity index (χ2v) is 24.2. The molecule has 0 bridgehead atoms. The molecular weight excluding hydrogens is 1240 g/mol. The van der Waals surface area contributed by atoms with E-state index in [1.165, 1.54) is 69.4 Å². The molecule has 8 rings (SSSR count). The van der Waals surface area contributed by atoms with E-state index in [1.54, 1.807) is 78.6 Å². The summed E-state index contributed by atoms with van der Waals surface area (Å²) in [5.41, 5.74) is 0. The molecule has 480 valence electrons. The number of ether oxygens (including phenoxy) is 10. The first kappa shape index (κ1) is 68.8. The molecule has 0 aliphatic rings. The molecule has 0 spiro atoms. The van der Waals surface area contributed by atoms with E-state index in [9.17, 15) is 38.4 Å². The Morgan fingerprint density at radius 3 is 1.00 bits per heavy atom. The van der Waals surface area contributed by atoms with Gasteiger partial charge in [0, 0.05) is 95.9 Å². The maximum Gasteiger partial charge on any atom is 0.307 e. The molecule has 90 heavy (non-hydrogen) atoms. The van der Waals surface area contributed by atoms with Crippen LogP contribution in [-0.2, 0) is 28.7 Å². The van der Waals surface area contributed by atoms with Crippen molar-refractivity contribution in [1.82, 2.24) is 9.80 Å². The van der Waals surface area contributed by atoms with Crippen molar-refractivity contribution in [3.8, 4) is 46.0 Å². The van der Waals surface area contributed by atoms with Gasteiger partial charge in [-0.3, -0.25) is 38.4 Å². The molecule has 2 N–H and O–H groups in total. The number of nitrogens with zero attached hydrogens (tertiary/aromatic N) is 2. The fourth-order valence-electron chi connectivity index (χ4n) is 8.86. The average molecular weight is 1320 g/mol. The number of carbonyl (C=O) groups is 8. The van der Waals surface area contributed by atoms with Gasteiger partial charge in [-0.1, -0.05) is 0 Å². The normalized spacial score (nSPS) is 10.9. The second-order valence-electron chi connectivity index (χ2n) is 19.9. The van der Waals surface area contributed by atoms with E-state index in [0.717, 1.165) is 40.3 Å². The Bertz CT molecular complexity index is 3880. The van der Waals surface area contributed by atoms with Gasteiger partial charge >= 0.3 is 23.9 Å². The van der Waals surface area contributed by atoms with Gasteiger partial charge in [-0.2, -0.15) is 0 Å². The average Bonchev–Trinajstić information content (AvgIpc) is 1.72. The molecular formula is C64H70N2O20S4. The van der Waals surface area contributed by atoms with E-state index in [2.05, 4.69) is 0 Å². The number of fused-ring (bicyclic) bond motifs is 4. The molecule has 4 aromatic carbocycles. The zero-order valence-corrected chi connectivity index (χ0v) is 54.3. The lowest BCUT2D eigenvalue weighted by Gasteiger charge is -2.15. The van der Waals surface area contributed by atoms with E-state index in [-0.39, 0.29) is 93.5 Å². The highest BCUT2D eigenvalue weighted by molar-refractivity contribution is 7.22. The molecule has 0 unspecified atom stereocenters. The lowest BCUT2D eigenvalue weighted by Crippen LogP contribution is -2.28. The van der Waals surface area contributed by atoms with Crippen LogP contribution in [0.5, 0.6) is 46.0 Å². The first-order chi connectivity index (χ1) is 43.2. The van der Waals surface area contributed by atoms with Gasteiger partial charge in [-0.15, -0.1) is 45.3 Å². The van der Waals surface area contributed by atoms with Crippen molar-refractivity contribution >= 4 is 133 Å². The Hall–Kier alpha value is -8.72. The lowest BCUT2D eigenvalue weighted by molar-refractivity contribution is -0.144. The summed E-state index contributed by atoms with van der Waals surface area (Å²) in [7, 11) is 9.42. The summed E-state index contributed by atoms with van der Waals surface area (Å²) in [4.78, 5) is 101. The van der Waals surface area contributed by atoms with Gasteiger partial charge in [0.2, 0.25) is 0 Å². The number of esters is 2. The molecule has 0 saturated carbocycles. The predicted molar refractivity (Wildman–Crippen MR) is 344 cm³/mol. The van der Waals surface area contributed by atoms with Crippen LogP contribution in [0.1, 0.15) is 104 Å². The molecule has 8 aromatic rings. The first-order valence-corrected chi connectivity index (χ1v) is 31.8. The van der Waals surface area contributed by atoms with Crippen LogP contribution >= 0.6 is 45.3 Å². The number of hydrogen-bond acceptors (Lipinski definition) is 22. The van der Waals surface area contributed by atoms with Crippen molar-refractivity contribution in [2.75, 3.05) is 95.3 Å². The maximum atomic E-state index is 13.0. The minimum absolute atomic E-state index is 0.0475. The highest BCUT2D eigenvalue weighted by atomic mass is 32.1. The third-order valence-corrected chi connectivity index (χ3v) is 18.0. The zero-order valence-electron chi connectivity index (χ0n) is 51.0. The summed E-state index contributed by atoms with van der Waals surface area (Å²) >= 11 is 5.26. The van der Waals surface area contributed by atoms with Gasteiger partial charge in [-0.25, -0.2) is 0 Å². The molecule has 22 nitrogen and oxygen atoms in total. The molecule has 4 aromatic heterocycles. The number of methoxy groups -OCH3 is 4. The SMILES string of the molecule is CCOC(=O)CCC(=O)c1cc2cc(OC)c(OCCCOc3cc4sc(C(=O)N(C)CCC(=O)OCC)cc4cc3OC)cc2s1.COc1cc2cc(C(=O)CCC(=O)O)sc2cc1OCCCOc1cc2sc(C(=O)N(C)CCC(=O)O)cc2cc1OC. The number of carbonyl (C=O) groups excluding carboxylic acids is 6. The Balaban J connectivity index is 0.000000257. The van der Waals surface area contributed by atoms with Crippen molar-refractivity contribution in [2.45, 2.75) is 65.2 Å². The minimum Gasteiger partial charge on any atom is -0.493 e. The number of thiophene rings is 4. The number of carboxylic acid groups (broad SMARTS) is 2. The second kappa shape index (κ2) is 33.2. The number of hydrogen-bond donors (Lipinski definition) is 2. The van der Waals surface area contributed by atoms with Gasteiger partial charge in [-0.05, 0) is 83.9 Å². The number of benzene rings is 4. The smallest absolute Gasteiger partial charge is 0.307 e. The van der Waals surface area contributed by atoms with E-state index in [1.807, 2.05) is 36.4 Å². The molecule has 4 heterocycles. The van der Waals surface area contributed by atoms with E-state index < -0.39 is 11.9 Å². The highest BCUT2D eigenvalue weighted by Crippen LogP contribution is 2.41. The number of rotatable bonds is 34. The van der Waals surface area contributed by atoms with Crippen LogP contribution in [0.4, 0.5) is 0 Å². The predicted octanol–water partition coefficient (Wildman–Crippen LogP) is 12.1. The van der Waals surface area contributed by atoms with Crippen molar-refractivity contribution in [2.24, 2.45) is 0 Å². The van der Waals surface area contributed by atoms with Crippen LogP contribution in [-0.4, -0.2) is 163 Å². The zero-order chi connectivity index (χ0) is 65.0. The summed E-state index contributed by atoms with van der Waals surface area (Å²) in [5, 5.41) is 21.1. The van der Waals surface area contributed by atoms with E-state index in [0.29, 0.717) is 111 Å². The third kappa shape index (κ3) is 18.7. The van der Waals surface area contributed by atoms with Crippen molar-refractivity contribution in [3.63, 3.8) is 0 Å². The molecule has 2 amide bonds. The van der Waals surface area contributed by atoms with Crippen LogP contribution in [0.25, 0.3) is 40.3 Å². The Kier molecular flexibility index (Phi) is 25.4. The topological polar surface area (TPSA) is 276 Å². The number of ketones is 2. The Labute approximate surface area is 534 Å². The van der Waals surface area contributed by atoms with Crippen LogP contribution in [0, 0.1) is 0 Å². The fourth-order valence-corrected chi connectivity index (χ4v) is 13.1. The summed E-state index contributed by atoms with van der Waals surface area (Å²) in [6, 6.07) is 21.7. The molecule has 0 saturated heterocycles. The third-order valence-electron chi connectivity index (χ3n) is 13.5. The summed E-state index contributed by atoms with van der Waals surface area (Å²) in [6.07, 6.45) is 0.964. The van der Waals surface area contributed by atoms with Gasteiger partial charge < -0.3 is 67.4 Å². The fraction of sp³-hybridized carbons (Fsp3) is 0.375. The maximum absolute atomic E-state index is 13.0. The van der Waals surface area contributed by atoms with Crippen LogP contribution in [0.2, 0.25) is 0 Å². The van der Waals surface area contributed by atoms with Gasteiger partial charge in [0.25, 0.3) is 11.8 Å². The largest absolute Gasteiger partial charge is 0.493 e. The Morgan fingerprint density at radius 1 is 0.378 bits per heavy atom. The van der Waals surface area contributed by atoms with Gasteiger partial charge in [0.1, 0.15) is 0 Å². The summed E-state index contributed by atoms with van der Waals surface area (Å²) in [5.74, 6) is 0.795. The molecule has 0 atom stereocenters. The Morgan fingerprint density at radius 2 is 0.678 bits per heavy atom. The standard InChI is InChI=1S/C34H39NO10S2.C30H31NO10S2/c1-6-42-32(37)10-9-23(36)30-17-21-15-24(40-4)26(19-28(21)46-30)44-13-8-14-45-27-20-29-22(16-25(27)41-5)18-31(47-29)34(39)35(3)12-11-33(38)43-7-2;1-31(8-7-29(35)36)30(37)27-14-18-12-21(39-3)23(16-25(18)43-27)41-10-4-9-40-22-15-24-17(11-20(22)38-2)13-26(42-24)19(32)5-6-28(33)34/h15-20H,6-14H2,1-5H3;11-16H,4-10H2,1-3H3,(H,33,34)(H,35,36). The van der Waals surface area contributed by atoms with Crippen molar-refractivity contribution in [1.29, 1.82) is 0 Å². The molecule has 0 fully saturated rings. The van der Waals surface area contributed by atoms with Gasteiger partial charge in [0.15, 0.2) is 57.6 Å². The first-order valence-electron chi connectivity index (χ1n) is 28.6. The summed E-state index contributed by atoms with van der Waals surface area (Å²) < 4.78 is 59.3. The lowest BCUT2D eigenvalue weighted by atomic mass is 10.1. The number of carboxylic acids is 2. The van der Waals surface area contributed by atoms with E-state index in [4.69, 9.17) is 57.6 Å². The van der Waals surface area contributed by atoms with Gasteiger partial charge in [0.05, 0.1) is 113 Å². The molecule has 0 aliphatic carbocycles. The van der Waals surface area contributed by atoms with Crippen LogP contribution in [0.15, 0.2) is 72.8 Å². The number of Topliss-reactive ketones (excluding diaryl/α,β-unsaturated/α-hetero) is 2.